The van der Waals surface area contributed by atoms with Crippen LogP contribution in [0.1, 0.15) is 35.1 Å². The fourth-order valence-electron chi connectivity index (χ4n) is 3.95. The first-order chi connectivity index (χ1) is 14.5. The maximum atomic E-state index is 13.8. The maximum Gasteiger partial charge on any atom is 0.191 e. The molecule has 0 saturated carbocycles. The molecular weight excluding hydrogens is 381 g/mol. The van der Waals surface area contributed by atoms with Crippen LogP contribution in [0.2, 0.25) is 0 Å². The summed E-state index contributed by atoms with van der Waals surface area (Å²) in [7, 11) is 3.46. The highest BCUT2D eigenvalue weighted by molar-refractivity contribution is 5.79. The zero-order valence-electron chi connectivity index (χ0n) is 18.3. The topological polar surface area (TPSA) is 54.9 Å². The van der Waals surface area contributed by atoms with Crippen molar-refractivity contribution in [2.75, 3.05) is 33.9 Å². The van der Waals surface area contributed by atoms with Crippen LogP contribution in [-0.2, 0) is 16.7 Å². The van der Waals surface area contributed by atoms with Crippen molar-refractivity contribution in [1.29, 1.82) is 0 Å². The summed E-state index contributed by atoms with van der Waals surface area (Å²) in [5, 5.41) is 6.77. The van der Waals surface area contributed by atoms with Crippen LogP contribution < -0.4 is 15.4 Å². The van der Waals surface area contributed by atoms with Crippen LogP contribution in [0.3, 0.4) is 0 Å². The van der Waals surface area contributed by atoms with Gasteiger partial charge in [0.05, 0.1) is 7.11 Å². The number of hydrogen-bond acceptors (Lipinski definition) is 3. The fraction of sp³-hybridized carbons (Fsp3) is 0.458. The summed E-state index contributed by atoms with van der Waals surface area (Å²) in [5.74, 6) is 1.40. The van der Waals surface area contributed by atoms with Gasteiger partial charge in [0, 0.05) is 44.3 Å². The third-order valence-corrected chi connectivity index (χ3v) is 5.89. The Morgan fingerprint density at radius 2 is 1.90 bits per heavy atom. The van der Waals surface area contributed by atoms with Gasteiger partial charge < -0.3 is 20.1 Å². The van der Waals surface area contributed by atoms with Gasteiger partial charge in [0.2, 0.25) is 0 Å². The largest absolute Gasteiger partial charge is 0.496 e. The molecule has 2 aromatic carbocycles. The summed E-state index contributed by atoms with van der Waals surface area (Å²) >= 11 is 0. The minimum atomic E-state index is -0.190. The van der Waals surface area contributed by atoms with Gasteiger partial charge in [-0.25, -0.2) is 4.39 Å². The molecule has 2 N–H and O–H groups in total. The van der Waals surface area contributed by atoms with E-state index in [0.717, 1.165) is 24.2 Å². The molecule has 0 spiro atoms. The number of rotatable bonds is 6. The smallest absolute Gasteiger partial charge is 0.191 e. The number of benzene rings is 2. The summed E-state index contributed by atoms with van der Waals surface area (Å²) in [6.45, 7) is 6.50. The molecule has 0 unspecified atom stereocenters. The van der Waals surface area contributed by atoms with Gasteiger partial charge in [0.15, 0.2) is 5.96 Å². The van der Waals surface area contributed by atoms with Gasteiger partial charge in [-0.15, -0.1) is 0 Å². The second kappa shape index (κ2) is 9.94. The third kappa shape index (κ3) is 5.11. The normalized spacial score (nSPS) is 16.2. The molecular formula is C24H32FN3O2. The van der Waals surface area contributed by atoms with Gasteiger partial charge in [-0.3, -0.25) is 4.99 Å². The Morgan fingerprint density at radius 1 is 1.13 bits per heavy atom. The van der Waals surface area contributed by atoms with Crippen molar-refractivity contribution < 1.29 is 13.9 Å². The molecule has 30 heavy (non-hydrogen) atoms. The number of hydrogen-bond donors (Lipinski definition) is 2. The van der Waals surface area contributed by atoms with Crippen molar-refractivity contribution in [3.05, 3.63) is 64.5 Å². The Morgan fingerprint density at radius 3 is 2.57 bits per heavy atom. The molecule has 5 nitrogen and oxygen atoms in total. The summed E-state index contributed by atoms with van der Waals surface area (Å²) < 4.78 is 25.2. The lowest BCUT2D eigenvalue weighted by Gasteiger charge is -2.39. The van der Waals surface area contributed by atoms with E-state index in [2.05, 4.69) is 34.7 Å². The van der Waals surface area contributed by atoms with E-state index >= 15 is 0 Å². The third-order valence-electron chi connectivity index (χ3n) is 5.89. The minimum absolute atomic E-state index is 0.108. The fourth-order valence-corrected chi connectivity index (χ4v) is 3.95. The number of aliphatic imine (C=N–C) groups is 1. The molecule has 162 valence electrons. The number of guanidine groups is 1. The summed E-state index contributed by atoms with van der Waals surface area (Å²) in [6.07, 6.45) is 1.81. The standard InChI is InChI=1S/C24H32FN3O2/c1-17-5-8-22(29-4)20(13-17)24(9-11-30-12-10-24)16-28-23(26-3)27-15-19-7-6-18(2)21(25)14-19/h5-8,13-14H,9-12,15-16H2,1-4H3,(H2,26,27,28). The van der Waals surface area contributed by atoms with E-state index < -0.39 is 0 Å². The van der Waals surface area contributed by atoms with Gasteiger partial charge in [-0.05, 0) is 49.9 Å². The van der Waals surface area contributed by atoms with E-state index in [1.54, 1.807) is 33.2 Å². The van der Waals surface area contributed by atoms with Gasteiger partial charge in [-0.2, -0.15) is 0 Å². The van der Waals surface area contributed by atoms with E-state index in [1.807, 2.05) is 12.1 Å². The second-order valence-corrected chi connectivity index (χ2v) is 7.96. The predicted octanol–water partition coefficient (Wildman–Crippen LogP) is 3.86. The van der Waals surface area contributed by atoms with Crippen molar-refractivity contribution in [2.24, 2.45) is 4.99 Å². The van der Waals surface area contributed by atoms with Gasteiger partial charge in [0.25, 0.3) is 0 Å². The molecule has 1 heterocycles. The Bertz CT molecular complexity index is 892. The average molecular weight is 414 g/mol. The van der Waals surface area contributed by atoms with Crippen LogP contribution in [-0.4, -0.2) is 39.9 Å². The van der Waals surface area contributed by atoms with Crippen molar-refractivity contribution >= 4 is 5.96 Å². The van der Waals surface area contributed by atoms with E-state index in [4.69, 9.17) is 9.47 Å². The van der Waals surface area contributed by atoms with Gasteiger partial charge in [-0.1, -0.05) is 29.8 Å². The molecule has 0 radical (unpaired) electrons. The quantitative estimate of drug-likeness (QED) is 0.558. The number of halogens is 1. The van der Waals surface area contributed by atoms with Crippen LogP contribution in [0.5, 0.6) is 5.75 Å². The van der Waals surface area contributed by atoms with Crippen LogP contribution >= 0.6 is 0 Å². The average Bonchev–Trinajstić information content (AvgIpc) is 2.77. The zero-order valence-corrected chi connectivity index (χ0v) is 18.3. The monoisotopic (exact) mass is 413 g/mol. The highest BCUT2D eigenvalue weighted by Gasteiger charge is 2.37. The van der Waals surface area contributed by atoms with E-state index in [0.29, 0.717) is 37.8 Å². The van der Waals surface area contributed by atoms with Crippen molar-refractivity contribution in [2.45, 2.75) is 38.6 Å². The molecule has 2 aromatic rings. The highest BCUT2D eigenvalue weighted by Crippen LogP contribution is 2.40. The molecule has 0 amide bonds. The summed E-state index contributed by atoms with van der Waals surface area (Å²) in [4.78, 5) is 4.35. The van der Waals surface area contributed by atoms with Gasteiger partial charge in [0.1, 0.15) is 11.6 Å². The number of ether oxygens (including phenoxy) is 2. The summed E-state index contributed by atoms with van der Waals surface area (Å²) in [5.41, 5.74) is 3.83. The first-order valence-corrected chi connectivity index (χ1v) is 10.4. The number of methoxy groups -OCH3 is 1. The minimum Gasteiger partial charge on any atom is -0.496 e. The molecule has 6 heteroatoms. The molecule has 1 aliphatic rings. The molecule has 1 saturated heterocycles. The summed E-state index contributed by atoms with van der Waals surface area (Å²) in [6, 6.07) is 11.6. The Hall–Kier alpha value is -2.60. The Labute approximate surface area is 178 Å². The van der Waals surface area contributed by atoms with E-state index in [-0.39, 0.29) is 11.2 Å². The van der Waals surface area contributed by atoms with Crippen molar-refractivity contribution in [3.8, 4) is 5.75 Å². The molecule has 1 aliphatic heterocycles. The van der Waals surface area contributed by atoms with Crippen LogP contribution in [0, 0.1) is 19.7 Å². The number of nitrogens with zero attached hydrogens (tertiary/aromatic N) is 1. The molecule has 0 bridgehead atoms. The Kier molecular flexibility index (Phi) is 7.32. The lowest BCUT2D eigenvalue weighted by molar-refractivity contribution is 0.0505. The highest BCUT2D eigenvalue weighted by atomic mass is 19.1. The van der Waals surface area contributed by atoms with Crippen LogP contribution in [0.15, 0.2) is 41.4 Å². The lowest BCUT2D eigenvalue weighted by atomic mass is 9.73. The molecule has 0 atom stereocenters. The lowest BCUT2D eigenvalue weighted by Crippen LogP contribution is -2.48. The molecule has 1 fully saturated rings. The van der Waals surface area contributed by atoms with Crippen molar-refractivity contribution in [1.82, 2.24) is 10.6 Å². The van der Waals surface area contributed by atoms with Crippen LogP contribution in [0.4, 0.5) is 4.39 Å². The van der Waals surface area contributed by atoms with Crippen molar-refractivity contribution in [3.63, 3.8) is 0 Å². The zero-order chi connectivity index (χ0) is 21.6. The van der Waals surface area contributed by atoms with Crippen LogP contribution in [0.25, 0.3) is 0 Å². The first kappa shape index (κ1) is 22.1. The first-order valence-electron chi connectivity index (χ1n) is 10.4. The SMILES string of the molecule is CN=C(NCc1ccc(C)c(F)c1)NCC1(c2cc(C)ccc2OC)CCOCC1. The second-order valence-electron chi connectivity index (χ2n) is 7.96. The maximum absolute atomic E-state index is 13.8. The number of nitrogens with one attached hydrogen (secondary N) is 2. The van der Waals surface area contributed by atoms with Gasteiger partial charge >= 0.3 is 0 Å². The predicted molar refractivity (Wildman–Crippen MR) is 119 cm³/mol. The van der Waals surface area contributed by atoms with E-state index in [9.17, 15) is 4.39 Å². The molecule has 0 aliphatic carbocycles. The molecule has 0 aromatic heterocycles. The molecule has 3 rings (SSSR count). The van der Waals surface area contributed by atoms with E-state index in [1.165, 1.54) is 11.1 Å². The number of aryl methyl sites for hydroxylation is 2. The Balaban J connectivity index is 1.73.